The molecule has 4 heteroatoms. The molecule has 1 heterocycles. The summed E-state index contributed by atoms with van der Waals surface area (Å²) in [5.74, 6) is 0. The molecule has 0 unspecified atom stereocenters. The van der Waals surface area contributed by atoms with Crippen LogP contribution in [0.3, 0.4) is 0 Å². The molecule has 0 radical (unpaired) electrons. The van der Waals surface area contributed by atoms with E-state index in [9.17, 15) is 0 Å². The van der Waals surface area contributed by atoms with Crippen molar-refractivity contribution in [3.63, 3.8) is 0 Å². The van der Waals surface area contributed by atoms with Crippen LogP contribution in [0.1, 0.15) is 0 Å². The molecule has 0 aromatic rings. The monoisotopic (exact) mass is 113 g/mol. The zero-order valence-electron chi connectivity index (χ0n) is 4.36. The van der Waals surface area contributed by atoms with Crippen molar-refractivity contribution in [2.75, 3.05) is 13.4 Å². The van der Waals surface area contributed by atoms with Crippen molar-refractivity contribution in [1.29, 1.82) is 0 Å². The second kappa shape index (κ2) is 2.42. The van der Waals surface area contributed by atoms with E-state index < -0.39 is 0 Å². The summed E-state index contributed by atoms with van der Waals surface area (Å²) < 4.78 is 0. The Morgan fingerprint density at radius 1 is 1.75 bits per heavy atom. The Morgan fingerprint density at radius 3 is 3.00 bits per heavy atom. The van der Waals surface area contributed by atoms with Gasteiger partial charge in [-0.05, 0) is 0 Å². The molecule has 4 nitrogen and oxygen atoms in total. The number of aliphatic hydroxyl groups is 1. The van der Waals surface area contributed by atoms with E-state index in [4.69, 9.17) is 5.11 Å². The van der Waals surface area contributed by atoms with Crippen LogP contribution in [0.2, 0.25) is 0 Å². The number of hydrogen-bond donors (Lipinski definition) is 1. The molecule has 0 spiro atoms. The maximum atomic E-state index is 8.45. The highest BCUT2D eigenvalue weighted by molar-refractivity contribution is 5.72. The van der Waals surface area contributed by atoms with Crippen LogP contribution in [-0.4, -0.2) is 36.1 Å². The van der Waals surface area contributed by atoms with Gasteiger partial charge in [0.2, 0.25) is 0 Å². The van der Waals surface area contributed by atoms with Gasteiger partial charge in [0.25, 0.3) is 0 Å². The van der Waals surface area contributed by atoms with Gasteiger partial charge in [-0.25, -0.2) is 4.99 Å². The fraction of sp³-hybridized carbons (Fsp3) is 0.500. The van der Waals surface area contributed by atoms with E-state index >= 15 is 0 Å². The summed E-state index contributed by atoms with van der Waals surface area (Å²) in [7, 11) is 0. The van der Waals surface area contributed by atoms with E-state index in [1.165, 1.54) is 6.34 Å². The Morgan fingerprint density at radius 2 is 2.62 bits per heavy atom. The fourth-order valence-electron chi connectivity index (χ4n) is 0.430. The summed E-state index contributed by atoms with van der Waals surface area (Å²) in [6.45, 7) is 0.501. The van der Waals surface area contributed by atoms with Crippen molar-refractivity contribution in [3.8, 4) is 0 Å². The third-order valence-corrected chi connectivity index (χ3v) is 0.823. The third kappa shape index (κ3) is 1.04. The highest BCUT2D eigenvalue weighted by Gasteiger charge is 1.94. The average molecular weight is 113 g/mol. The van der Waals surface area contributed by atoms with Crippen LogP contribution in [0.5, 0.6) is 0 Å². The van der Waals surface area contributed by atoms with Crippen molar-refractivity contribution in [1.82, 2.24) is 4.90 Å². The number of aliphatic hydroxyl groups excluding tert-OH is 1. The number of rotatable bonds is 1. The van der Waals surface area contributed by atoms with Gasteiger partial charge >= 0.3 is 0 Å². The predicted octanol–water partition coefficient (Wildman–Crippen LogP) is -0.734. The molecule has 0 aromatic carbocycles. The molecule has 0 aromatic heterocycles. The van der Waals surface area contributed by atoms with Gasteiger partial charge in [-0.2, -0.15) is 0 Å². The van der Waals surface area contributed by atoms with Crippen LogP contribution in [-0.2, 0) is 0 Å². The standard InChI is InChI=1S/C4H7N3O/c8-4-7-2-5-1-6-3-7/h1-2,8H,3-4H2. The zero-order chi connectivity index (χ0) is 5.82. The normalized spacial score (nSPS) is 17.4. The van der Waals surface area contributed by atoms with Crippen LogP contribution in [0.25, 0.3) is 0 Å². The van der Waals surface area contributed by atoms with Crippen molar-refractivity contribution >= 4 is 12.7 Å². The Labute approximate surface area is 47.2 Å². The molecule has 0 fully saturated rings. The van der Waals surface area contributed by atoms with Crippen LogP contribution in [0, 0.1) is 0 Å². The van der Waals surface area contributed by atoms with Gasteiger partial charge in [-0.1, -0.05) is 0 Å². The first kappa shape index (κ1) is 5.24. The number of nitrogens with zero attached hydrogens (tertiary/aromatic N) is 3. The molecule has 0 saturated carbocycles. The maximum absolute atomic E-state index is 8.45. The summed E-state index contributed by atoms with van der Waals surface area (Å²) in [5.41, 5.74) is 0. The van der Waals surface area contributed by atoms with Crippen molar-refractivity contribution in [2.24, 2.45) is 9.98 Å². The minimum atomic E-state index is -0.0131. The van der Waals surface area contributed by atoms with Crippen LogP contribution in [0.15, 0.2) is 9.98 Å². The average Bonchev–Trinajstić information content (AvgIpc) is 1.90. The summed E-state index contributed by atoms with van der Waals surface area (Å²) in [5, 5.41) is 8.45. The molecular formula is C4H7N3O. The van der Waals surface area contributed by atoms with Gasteiger partial charge in [0.15, 0.2) is 0 Å². The van der Waals surface area contributed by atoms with E-state index in [1.807, 2.05) is 0 Å². The second-order valence-corrected chi connectivity index (χ2v) is 1.43. The fourth-order valence-corrected chi connectivity index (χ4v) is 0.430. The Kier molecular flexibility index (Phi) is 1.58. The van der Waals surface area contributed by atoms with Crippen LogP contribution in [0.4, 0.5) is 0 Å². The lowest BCUT2D eigenvalue weighted by atomic mass is 10.8. The van der Waals surface area contributed by atoms with Gasteiger partial charge in [0.05, 0.1) is 6.34 Å². The minimum Gasteiger partial charge on any atom is -0.376 e. The van der Waals surface area contributed by atoms with Gasteiger partial charge in [0, 0.05) is 0 Å². The first-order valence-electron chi connectivity index (χ1n) is 2.30. The Hall–Kier alpha value is -0.900. The van der Waals surface area contributed by atoms with E-state index in [1.54, 1.807) is 11.2 Å². The van der Waals surface area contributed by atoms with Gasteiger partial charge < -0.3 is 10.0 Å². The first-order chi connectivity index (χ1) is 3.93. The van der Waals surface area contributed by atoms with Gasteiger partial charge in [0.1, 0.15) is 19.7 Å². The second-order valence-electron chi connectivity index (χ2n) is 1.43. The molecule has 0 saturated heterocycles. The maximum Gasteiger partial charge on any atom is 0.118 e. The van der Waals surface area contributed by atoms with Crippen LogP contribution < -0.4 is 0 Å². The summed E-state index contributed by atoms with van der Waals surface area (Å²) in [6, 6.07) is 0. The van der Waals surface area contributed by atoms with Crippen molar-refractivity contribution in [3.05, 3.63) is 0 Å². The Balaban J connectivity index is 2.40. The minimum absolute atomic E-state index is 0.0131. The zero-order valence-corrected chi connectivity index (χ0v) is 4.36. The van der Waals surface area contributed by atoms with E-state index in [2.05, 4.69) is 9.98 Å². The molecule has 1 aliphatic heterocycles. The smallest absolute Gasteiger partial charge is 0.118 e. The van der Waals surface area contributed by atoms with Crippen molar-refractivity contribution in [2.45, 2.75) is 0 Å². The van der Waals surface area contributed by atoms with E-state index in [0.717, 1.165) is 0 Å². The molecule has 0 atom stereocenters. The third-order valence-electron chi connectivity index (χ3n) is 0.823. The highest BCUT2D eigenvalue weighted by Crippen LogP contribution is 1.85. The van der Waals surface area contributed by atoms with E-state index in [-0.39, 0.29) is 6.73 Å². The van der Waals surface area contributed by atoms with Crippen LogP contribution >= 0.6 is 0 Å². The molecule has 0 amide bonds. The molecule has 1 aliphatic rings. The van der Waals surface area contributed by atoms with Crippen molar-refractivity contribution < 1.29 is 5.11 Å². The topological polar surface area (TPSA) is 48.2 Å². The summed E-state index contributed by atoms with van der Waals surface area (Å²) in [4.78, 5) is 9.03. The molecule has 44 valence electrons. The highest BCUT2D eigenvalue weighted by atomic mass is 16.3. The molecule has 1 N–H and O–H groups in total. The lowest BCUT2D eigenvalue weighted by Gasteiger charge is -2.13. The largest absolute Gasteiger partial charge is 0.376 e. The lowest BCUT2D eigenvalue weighted by molar-refractivity contribution is 0.176. The molecule has 0 aliphatic carbocycles. The quantitative estimate of drug-likeness (QED) is 0.487. The number of aliphatic imine (C=N–C) groups is 2. The number of hydrogen-bond acceptors (Lipinski definition) is 4. The Bertz CT molecular complexity index is 120. The molecule has 0 bridgehead atoms. The summed E-state index contributed by atoms with van der Waals surface area (Å²) in [6.07, 6.45) is 3.01. The lowest BCUT2D eigenvalue weighted by Crippen LogP contribution is -2.25. The molecule has 1 rings (SSSR count). The van der Waals surface area contributed by atoms with Gasteiger partial charge in [-0.3, -0.25) is 4.99 Å². The summed E-state index contributed by atoms with van der Waals surface area (Å²) >= 11 is 0. The van der Waals surface area contributed by atoms with E-state index in [0.29, 0.717) is 6.67 Å². The SMILES string of the molecule is OCN1C=NC=NC1. The molecule has 8 heavy (non-hydrogen) atoms. The van der Waals surface area contributed by atoms with Gasteiger partial charge in [-0.15, -0.1) is 0 Å². The molecular weight excluding hydrogens is 106 g/mol. The first-order valence-corrected chi connectivity index (χ1v) is 2.30. The predicted molar refractivity (Wildman–Crippen MR) is 30.8 cm³/mol.